The Kier molecular flexibility index (Phi) is 8.71. The number of rotatable bonds is 5. The minimum absolute atomic E-state index is 0.189. The van der Waals surface area contributed by atoms with Crippen LogP contribution in [0.25, 0.3) is 0 Å². The molecule has 0 aliphatic carbocycles. The molecule has 0 amide bonds. The van der Waals surface area contributed by atoms with Gasteiger partial charge in [0.05, 0.1) is 38.3 Å². The smallest absolute Gasteiger partial charge is 0.433 e. The molecule has 0 unspecified atom stereocenters. The van der Waals surface area contributed by atoms with E-state index >= 15 is 0 Å². The second-order valence-corrected chi connectivity index (χ2v) is 8.53. The number of alkyl halides is 3. The molecule has 0 atom stereocenters. The summed E-state index contributed by atoms with van der Waals surface area (Å²) in [6.07, 6.45) is -5.37. The van der Waals surface area contributed by atoms with Gasteiger partial charge in [0.25, 0.3) is 5.16 Å². The first kappa shape index (κ1) is 25.0. The van der Waals surface area contributed by atoms with Gasteiger partial charge in [0.1, 0.15) is 5.82 Å². The van der Waals surface area contributed by atoms with Gasteiger partial charge in [-0.2, -0.15) is 18.2 Å². The summed E-state index contributed by atoms with van der Waals surface area (Å²) in [5.74, 6) is -1.73. The maximum atomic E-state index is 13.0. The van der Waals surface area contributed by atoms with E-state index < -0.39 is 50.4 Å². The molecule has 1 fully saturated rings. The zero-order valence-electron chi connectivity index (χ0n) is 16.9. The van der Waals surface area contributed by atoms with E-state index in [1.165, 1.54) is 12.1 Å². The Bertz CT molecular complexity index is 935. The molecule has 2 aromatic rings. The molecule has 1 aliphatic rings. The lowest BCUT2D eigenvalue weighted by Crippen LogP contribution is -2.17. The quantitative estimate of drug-likeness (QED) is 0.493. The van der Waals surface area contributed by atoms with E-state index in [9.17, 15) is 26.0 Å². The standard InChI is InChI=1S/C15H14F4N2O3S.C4H8O2/c1-9(2)24-13-7-12(15(17,18)19)20-14(21-13)25(22,23)8-10-3-5-11(16)6-4-10;1-2-6-4-3-5-1/h3-7,9H,8H2,1-2H3;1-4H2. The molecule has 0 saturated carbocycles. The van der Waals surface area contributed by atoms with Crippen molar-refractivity contribution in [2.45, 2.75) is 37.0 Å². The molecule has 0 bridgehead atoms. The second-order valence-electron chi connectivity index (χ2n) is 6.65. The molecule has 2 heterocycles. The van der Waals surface area contributed by atoms with Gasteiger partial charge >= 0.3 is 6.18 Å². The maximum Gasteiger partial charge on any atom is 0.433 e. The molecular weight excluding hydrogens is 444 g/mol. The van der Waals surface area contributed by atoms with Crippen molar-refractivity contribution < 1.29 is 40.2 Å². The maximum absolute atomic E-state index is 13.0. The summed E-state index contributed by atoms with van der Waals surface area (Å²) < 4.78 is 91.5. The fourth-order valence-corrected chi connectivity index (χ4v) is 3.52. The number of ether oxygens (including phenoxy) is 3. The Hall–Kier alpha value is -2.31. The van der Waals surface area contributed by atoms with Crippen molar-refractivity contribution in [1.29, 1.82) is 0 Å². The molecule has 1 aromatic carbocycles. The largest absolute Gasteiger partial charge is 0.475 e. The van der Waals surface area contributed by atoms with Gasteiger partial charge in [0.15, 0.2) is 5.69 Å². The van der Waals surface area contributed by atoms with Crippen LogP contribution >= 0.6 is 0 Å². The van der Waals surface area contributed by atoms with Crippen molar-refractivity contribution in [2.24, 2.45) is 0 Å². The minimum Gasteiger partial charge on any atom is -0.475 e. The highest BCUT2D eigenvalue weighted by atomic mass is 32.2. The van der Waals surface area contributed by atoms with Gasteiger partial charge in [-0.3, -0.25) is 0 Å². The second kappa shape index (κ2) is 10.8. The van der Waals surface area contributed by atoms with Crippen molar-refractivity contribution in [2.75, 3.05) is 26.4 Å². The lowest BCUT2D eigenvalue weighted by atomic mass is 10.2. The average Bonchev–Trinajstić information content (AvgIpc) is 2.70. The van der Waals surface area contributed by atoms with E-state index in [-0.39, 0.29) is 5.56 Å². The predicted molar refractivity (Wildman–Crippen MR) is 102 cm³/mol. The first-order chi connectivity index (χ1) is 14.5. The van der Waals surface area contributed by atoms with E-state index in [0.29, 0.717) is 6.07 Å². The highest BCUT2D eigenvalue weighted by molar-refractivity contribution is 7.90. The molecular formula is C19H22F4N2O5S. The summed E-state index contributed by atoms with van der Waals surface area (Å²) in [4.78, 5) is 6.70. The Morgan fingerprint density at radius 3 is 2.03 bits per heavy atom. The number of nitrogens with zero attached hydrogens (tertiary/aromatic N) is 2. The molecule has 0 radical (unpaired) electrons. The summed E-state index contributed by atoms with van der Waals surface area (Å²) in [7, 11) is -4.29. The van der Waals surface area contributed by atoms with Gasteiger partial charge in [-0.15, -0.1) is 0 Å². The molecule has 7 nitrogen and oxygen atoms in total. The first-order valence-corrected chi connectivity index (χ1v) is 10.9. The molecule has 0 spiro atoms. The molecule has 1 saturated heterocycles. The van der Waals surface area contributed by atoms with Crippen LogP contribution in [0.15, 0.2) is 35.5 Å². The van der Waals surface area contributed by atoms with E-state index in [1.807, 2.05) is 0 Å². The summed E-state index contributed by atoms with van der Waals surface area (Å²) in [6, 6.07) is 5.06. The zero-order valence-corrected chi connectivity index (χ0v) is 17.7. The lowest BCUT2D eigenvalue weighted by molar-refractivity contribution is -0.141. The third kappa shape index (κ3) is 8.38. The number of hydrogen-bond donors (Lipinski definition) is 0. The van der Waals surface area contributed by atoms with Gasteiger partial charge < -0.3 is 14.2 Å². The number of hydrogen-bond acceptors (Lipinski definition) is 7. The highest BCUT2D eigenvalue weighted by Gasteiger charge is 2.35. The molecule has 0 N–H and O–H groups in total. The predicted octanol–water partition coefficient (Wildman–Crippen LogP) is 3.43. The summed E-state index contributed by atoms with van der Waals surface area (Å²) in [5.41, 5.74) is -1.23. The topological polar surface area (TPSA) is 87.6 Å². The van der Waals surface area contributed by atoms with E-state index in [0.717, 1.165) is 38.6 Å². The average molecular weight is 466 g/mol. The third-order valence-electron chi connectivity index (χ3n) is 3.62. The van der Waals surface area contributed by atoms with E-state index in [1.54, 1.807) is 13.8 Å². The van der Waals surface area contributed by atoms with Crippen LogP contribution in [0.1, 0.15) is 25.1 Å². The fourth-order valence-electron chi connectivity index (χ4n) is 2.29. The van der Waals surface area contributed by atoms with Crippen molar-refractivity contribution in [3.8, 4) is 5.88 Å². The summed E-state index contributed by atoms with van der Waals surface area (Å²) in [6.45, 7) is 6.23. The van der Waals surface area contributed by atoms with Crippen LogP contribution in [0, 0.1) is 5.82 Å². The van der Waals surface area contributed by atoms with Gasteiger partial charge in [-0.1, -0.05) is 12.1 Å². The first-order valence-electron chi connectivity index (χ1n) is 9.23. The molecule has 1 aromatic heterocycles. The molecule has 31 heavy (non-hydrogen) atoms. The van der Waals surface area contributed by atoms with Crippen molar-refractivity contribution in [1.82, 2.24) is 9.97 Å². The zero-order chi connectivity index (χ0) is 23.1. The summed E-state index contributed by atoms with van der Waals surface area (Å²) in [5, 5.41) is -0.998. The normalized spacial score (nSPS) is 14.7. The fraction of sp³-hybridized carbons (Fsp3) is 0.474. The van der Waals surface area contributed by atoms with Crippen LogP contribution in [0.2, 0.25) is 0 Å². The third-order valence-corrected chi connectivity index (χ3v) is 5.07. The Labute approximate surface area is 177 Å². The monoisotopic (exact) mass is 466 g/mol. The van der Waals surface area contributed by atoms with Crippen molar-refractivity contribution in [3.63, 3.8) is 0 Å². The molecule has 3 rings (SSSR count). The van der Waals surface area contributed by atoms with Crippen LogP contribution in [-0.2, 0) is 31.2 Å². The summed E-state index contributed by atoms with van der Waals surface area (Å²) >= 11 is 0. The Balaban J connectivity index is 0.000000488. The van der Waals surface area contributed by atoms with E-state index in [2.05, 4.69) is 9.97 Å². The van der Waals surface area contributed by atoms with Gasteiger partial charge in [-0.25, -0.2) is 17.8 Å². The highest BCUT2D eigenvalue weighted by Crippen LogP contribution is 2.31. The number of aromatic nitrogens is 2. The molecule has 1 aliphatic heterocycles. The van der Waals surface area contributed by atoms with Crippen LogP contribution < -0.4 is 4.74 Å². The van der Waals surface area contributed by atoms with Crippen molar-refractivity contribution in [3.05, 3.63) is 47.4 Å². The van der Waals surface area contributed by atoms with Crippen LogP contribution in [0.5, 0.6) is 5.88 Å². The molecule has 172 valence electrons. The minimum atomic E-state index is -4.86. The Morgan fingerprint density at radius 2 is 1.58 bits per heavy atom. The lowest BCUT2D eigenvalue weighted by Gasteiger charge is -2.13. The molecule has 12 heteroatoms. The van der Waals surface area contributed by atoms with Gasteiger partial charge in [-0.05, 0) is 31.5 Å². The van der Waals surface area contributed by atoms with E-state index in [4.69, 9.17) is 14.2 Å². The van der Waals surface area contributed by atoms with Crippen LogP contribution in [0.3, 0.4) is 0 Å². The number of benzene rings is 1. The van der Waals surface area contributed by atoms with Crippen molar-refractivity contribution >= 4 is 9.84 Å². The SMILES string of the molecule is C1COCCO1.CC(C)Oc1cc(C(F)(F)F)nc(S(=O)(=O)Cc2ccc(F)cc2)n1. The number of sulfone groups is 1. The number of halogens is 4. The van der Waals surface area contributed by atoms with Gasteiger partial charge in [0, 0.05) is 6.07 Å². The van der Waals surface area contributed by atoms with Crippen LogP contribution in [0.4, 0.5) is 17.6 Å². The Morgan fingerprint density at radius 1 is 1.03 bits per heavy atom. The van der Waals surface area contributed by atoms with Gasteiger partial charge in [0.2, 0.25) is 15.7 Å². The van der Waals surface area contributed by atoms with Crippen LogP contribution in [-0.4, -0.2) is 50.9 Å².